The normalized spacial score (nSPS) is 12.9. The van der Waals surface area contributed by atoms with Crippen LogP contribution < -0.4 is 0 Å². The number of rotatable bonds is 8. The highest BCUT2D eigenvalue weighted by atomic mass is 31.2. The second-order valence-electron chi connectivity index (χ2n) is 3.79. The molecule has 0 aliphatic rings. The SMILES string of the molecule is CCOC[C@H](OC(=O)c1ccccc1)P(=O)(OC)OC. The predicted molar refractivity (Wildman–Crippen MR) is 73.8 cm³/mol. The van der Waals surface area contributed by atoms with Crippen molar-refractivity contribution < 1.29 is 27.9 Å². The molecule has 0 saturated carbocycles. The number of ether oxygens (including phenoxy) is 2. The monoisotopic (exact) mass is 302 g/mol. The highest BCUT2D eigenvalue weighted by molar-refractivity contribution is 7.54. The molecule has 0 amide bonds. The topological polar surface area (TPSA) is 71.1 Å². The minimum absolute atomic E-state index is 0.0615. The third-order valence-electron chi connectivity index (χ3n) is 2.58. The summed E-state index contributed by atoms with van der Waals surface area (Å²) in [6.07, 6.45) is 0. The van der Waals surface area contributed by atoms with E-state index in [0.29, 0.717) is 12.2 Å². The summed E-state index contributed by atoms with van der Waals surface area (Å²) in [5, 5.41) is 0. The quantitative estimate of drug-likeness (QED) is 0.543. The molecule has 0 unspecified atom stereocenters. The van der Waals surface area contributed by atoms with Gasteiger partial charge in [-0.2, -0.15) is 0 Å². The molecular weight excluding hydrogens is 283 g/mol. The third kappa shape index (κ3) is 4.42. The molecule has 0 aliphatic carbocycles. The van der Waals surface area contributed by atoms with Crippen LogP contribution >= 0.6 is 7.60 Å². The summed E-state index contributed by atoms with van der Waals surface area (Å²) in [6.45, 7) is 2.11. The van der Waals surface area contributed by atoms with E-state index in [1.807, 2.05) is 0 Å². The maximum Gasteiger partial charge on any atom is 0.372 e. The maximum absolute atomic E-state index is 12.3. The first-order chi connectivity index (χ1) is 9.57. The van der Waals surface area contributed by atoms with Gasteiger partial charge in [0.25, 0.3) is 0 Å². The van der Waals surface area contributed by atoms with Gasteiger partial charge >= 0.3 is 13.6 Å². The Hall–Kier alpha value is -1.20. The van der Waals surface area contributed by atoms with E-state index in [-0.39, 0.29) is 6.61 Å². The van der Waals surface area contributed by atoms with Crippen LogP contribution in [0.3, 0.4) is 0 Å². The summed E-state index contributed by atoms with van der Waals surface area (Å²) in [4.78, 5) is 12.0. The standard InChI is InChI=1S/C13H19O6P/c1-4-18-10-12(20(15,16-2)17-3)19-13(14)11-8-6-5-7-9-11/h5-9,12H,4,10H2,1-3H3/t12-/m1/s1. The van der Waals surface area contributed by atoms with Crippen LogP contribution in [-0.4, -0.2) is 39.2 Å². The summed E-state index contributed by atoms with van der Waals surface area (Å²) in [7, 11) is -1.09. The third-order valence-corrected chi connectivity index (χ3v) is 4.56. The lowest BCUT2D eigenvalue weighted by Crippen LogP contribution is -2.25. The minimum atomic E-state index is -3.56. The number of hydrogen-bond acceptors (Lipinski definition) is 6. The molecule has 0 N–H and O–H groups in total. The van der Waals surface area contributed by atoms with Crippen molar-refractivity contribution in [2.75, 3.05) is 27.4 Å². The van der Waals surface area contributed by atoms with Crippen LogP contribution in [0.4, 0.5) is 0 Å². The Morgan fingerprint density at radius 1 is 1.20 bits per heavy atom. The molecule has 1 aromatic carbocycles. The zero-order chi connectivity index (χ0) is 15.0. The lowest BCUT2D eigenvalue weighted by molar-refractivity contribution is 0.0129. The summed E-state index contributed by atoms with van der Waals surface area (Å²) in [5.74, 6) is -1.71. The first-order valence-corrected chi connectivity index (χ1v) is 7.73. The van der Waals surface area contributed by atoms with E-state index in [4.69, 9.17) is 18.5 Å². The van der Waals surface area contributed by atoms with Crippen molar-refractivity contribution >= 4 is 13.6 Å². The van der Waals surface area contributed by atoms with Crippen molar-refractivity contribution in [2.45, 2.75) is 12.8 Å². The molecule has 1 aromatic rings. The number of esters is 1. The molecule has 0 heterocycles. The van der Waals surface area contributed by atoms with Gasteiger partial charge in [0, 0.05) is 20.8 Å². The molecular formula is C13H19O6P. The predicted octanol–water partition coefficient (Wildman–Crippen LogP) is 2.69. The maximum atomic E-state index is 12.3. The molecule has 112 valence electrons. The molecule has 0 radical (unpaired) electrons. The van der Waals surface area contributed by atoms with Gasteiger partial charge in [-0.15, -0.1) is 0 Å². The molecule has 0 spiro atoms. The zero-order valence-electron chi connectivity index (χ0n) is 11.8. The molecule has 0 saturated heterocycles. The van der Waals surface area contributed by atoms with Crippen molar-refractivity contribution in [2.24, 2.45) is 0 Å². The fourth-order valence-electron chi connectivity index (χ4n) is 1.48. The van der Waals surface area contributed by atoms with Gasteiger partial charge in [0.05, 0.1) is 12.2 Å². The lowest BCUT2D eigenvalue weighted by Gasteiger charge is -2.23. The van der Waals surface area contributed by atoms with Gasteiger partial charge in [-0.05, 0) is 19.1 Å². The average Bonchev–Trinajstić information content (AvgIpc) is 2.51. The molecule has 1 rings (SSSR count). The van der Waals surface area contributed by atoms with Gasteiger partial charge in [0.2, 0.25) is 5.85 Å². The highest BCUT2D eigenvalue weighted by Gasteiger charge is 2.38. The lowest BCUT2D eigenvalue weighted by atomic mass is 10.2. The zero-order valence-corrected chi connectivity index (χ0v) is 12.7. The second-order valence-corrected chi connectivity index (χ2v) is 6.18. The minimum Gasteiger partial charge on any atom is -0.443 e. The van der Waals surface area contributed by atoms with Crippen LogP contribution in [0.2, 0.25) is 0 Å². The summed E-state index contributed by atoms with van der Waals surface area (Å²) in [6, 6.07) is 8.40. The fraction of sp³-hybridized carbons (Fsp3) is 0.462. The molecule has 0 bridgehead atoms. The molecule has 7 heteroatoms. The molecule has 0 aliphatic heterocycles. The van der Waals surface area contributed by atoms with Crippen molar-refractivity contribution in [1.82, 2.24) is 0 Å². The fourth-order valence-corrected chi connectivity index (χ4v) is 2.62. The molecule has 0 fully saturated rings. The van der Waals surface area contributed by atoms with Crippen LogP contribution in [0.15, 0.2) is 30.3 Å². The van der Waals surface area contributed by atoms with Gasteiger partial charge in [-0.1, -0.05) is 18.2 Å². The summed E-state index contributed by atoms with van der Waals surface area (Å²) < 4.78 is 32.4. The van der Waals surface area contributed by atoms with Crippen LogP contribution in [0, 0.1) is 0 Å². The smallest absolute Gasteiger partial charge is 0.372 e. The van der Waals surface area contributed by atoms with Crippen molar-refractivity contribution in [1.29, 1.82) is 0 Å². The van der Waals surface area contributed by atoms with Gasteiger partial charge in [-0.3, -0.25) is 4.57 Å². The number of carbonyl (C=O) groups excluding carboxylic acids is 1. The van der Waals surface area contributed by atoms with Crippen molar-refractivity contribution in [3.8, 4) is 0 Å². The van der Waals surface area contributed by atoms with Crippen LogP contribution in [0.5, 0.6) is 0 Å². The molecule has 6 nitrogen and oxygen atoms in total. The van der Waals surface area contributed by atoms with Gasteiger partial charge in [0.1, 0.15) is 0 Å². The largest absolute Gasteiger partial charge is 0.443 e. The average molecular weight is 302 g/mol. The molecule has 1 atom stereocenters. The number of benzene rings is 1. The number of hydrogen-bond donors (Lipinski definition) is 0. The van der Waals surface area contributed by atoms with Gasteiger partial charge in [-0.25, -0.2) is 4.79 Å². The highest BCUT2D eigenvalue weighted by Crippen LogP contribution is 2.52. The van der Waals surface area contributed by atoms with Crippen molar-refractivity contribution in [3.05, 3.63) is 35.9 Å². The van der Waals surface area contributed by atoms with E-state index in [2.05, 4.69) is 0 Å². The number of carbonyl (C=O) groups is 1. The molecule has 20 heavy (non-hydrogen) atoms. The van der Waals surface area contributed by atoms with E-state index in [1.165, 1.54) is 14.2 Å². The molecule has 0 aromatic heterocycles. The van der Waals surface area contributed by atoms with Crippen molar-refractivity contribution in [3.63, 3.8) is 0 Å². The Balaban J connectivity index is 2.84. The summed E-state index contributed by atoms with van der Waals surface area (Å²) in [5.41, 5.74) is 0.354. The Bertz CT molecular complexity index is 453. The first kappa shape index (κ1) is 16.9. The first-order valence-electron chi connectivity index (χ1n) is 6.12. The van der Waals surface area contributed by atoms with Gasteiger partial charge in [0.15, 0.2) is 0 Å². The van der Waals surface area contributed by atoms with Gasteiger partial charge < -0.3 is 18.5 Å². The van der Waals surface area contributed by atoms with E-state index in [0.717, 1.165) is 0 Å². The Kier molecular flexibility index (Phi) is 6.88. The second kappa shape index (κ2) is 8.17. The summed E-state index contributed by atoms with van der Waals surface area (Å²) >= 11 is 0. The van der Waals surface area contributed by atoms with E-state index < -0.39 is 19.4 Å². The Morgan fingerprint density at radius 2 is 1.80 bits per heavy atom. The van der Waals surface area contributed by atoms with E-state index in [1.54, 1.807) is 37.3 Å². The Labute approximate surface area is 118 Å². The van der Waals surface area contributed by atoms with E-state index >= 15 is 0 Å². The van der Waals surface area contributed by atoms with Crippen LogP contribution in [0.25, 0.3) is 0 Å². The Morgan fingerprint density at radius 3 is 2.30 bits per heavy atom. The van der Waals surface area contributed by atoms with Crippen LogP contribution in [-0.2, 0) is 23.1 Å². The van der Waals surface area contributed by atoms with E-state index in [9.17, 15) is 9.36 Å². The van der Waals surface area contributed by atoms with Crippen LogP contribution in [0.1, 0.15) is 17.3 Å².